The van der Waals surface area contributed by atoms with E-state index in [1.165, 1.54) is 77.0 Å². The molecule has 0 rings (SSSR count). The SMILES string of the molecule is N#CCCCCCCCCCCCCCCCCCC(=O)O. The van der Waals surface area contributed by atoms with Gasteiger partial charge in [0.15, 0.2) is 0 Å². The first-order valence-electron chi connectivity index (χ1n) is 9.36. The molecular weight excluding hydrogens is 274 g/mol. The lowest BCUT2D eigenvalue weighted by atomic mass is 10.0. The zero-order valence-electron chi connectivity index (χ0n) is 14.3. The molecule has 0 bridgehead atoms. The van der Waals surface area contributed by atoms with E-state index in [1.807, 2.05) is 0 Å². The molecule has 0 saturated heterocycles. The molecule has 0 spiro atoms. The first-order chi connectivity index (χ1) is 10.8. The average Bonchev–Trinajstić information content (AvgIpc) is 2.50. The van der Waals surface area contributed by atoms with Gasteiger partial charge in [0.1, 0.15) is 0 Å². The third kappa shape index (κ3) is 19.0. The Morgan fingerprint density at radius 1 is 0.636 bits per heavy atom. The van der Waals surface area contributed by atoms with Crippen LogP contribution in [0.4, 0.5) is 0 Å². The largest absolute Gasteiger partial charge is 0.481 e. The Bertz CT molecular complexity index is 284. The summed E-state index contributed by atoms with van der Waals surface area (Å²) in [7, 11) is 0. The fourth-order valence-corrected chi connectivity index (χ4v) is 2.78. The van der Waals surface area contributed by atoms with Gasteiger partial charge in [0.25, 0.3) is 0 Å². The molecule has 3 nitrogen and oxygen atoms in total. The van der Waals surface area contributed by atoms with Crippen LogP contribution in [0.15, 0.2) is 0 Å². The van der Waals surface area contributed by atoms with E-state index in [4.69, 9.17) is 10.4 Å². The quantitative estimate of drug-likeness (QED) is 0.324. The van der Waals surface area contributed by atoms with Crippen molar-refractivity contribution in [3.63, 3.8) is 0 Å². The predicted octanol–water partition coefficient (Wildman–Crippen LogP) is 6.23. The van der Waals surface area contributed by atoms with Crippen LogP contribution in [0, 0.1) is 11.3 Å². The second-order valence-electron chi connectivity index (χ2n) is 6.36. The molecule has 22 heavy (non-hydrogen) atoms. The van der Waals surface area contributed by atoms with Crippen LogP contribution in [0.3, 0.4) is 0 Å². The van der Waals surface area contributed by atoms with Gasteiger partial charge in [-0.15, -0.1) is 0 Å². The maximum atomic E-state index is 10.3. The molecule has 1 N–H and O–H groups in total. The minimum atomic E-state index is -0.665. The van der Waals surface area contributed by atoms with Crippen LogP contribution >= 0.6 is 0 Å². The zero-order chi connectivity index (χ0) is 16.3. The fraction of sp³-hybridized carbons (Fsp3) is 0.895. The van der Waals surface area contributed by atoms with Gasteiger partial charge in [-0.1, -0.05) is 83.5 Å². The maximum absolute atomic E-state index is 10.3. The van der Waals surface area contributed by atoms with Gasteiger partial charge < -0.3 is 5.11 Å². The summed E-state index contributed by atoms with van der Waals surface area (Å²) in [6, 6.07) is 2.20. The van der Waals surface area contributed by atoms with Gasteiger partial charge in [0, 0.05) is 12.8 Å². The summed E-state index contributed by atoms with van der Waals surface area (Å²) in [6.45, 7) is 0. The molecule has 0 unspecified atom stereocenters. The maximum Gasteiger partial charge on any atom is 0.303 e. The molecular formula is C19H35NO2. The lowest BCUT2D eigenvalue weighted by Crippen LogP contribution is -1.93. The van der Waals surface area contributed by atoms with Gasteiger partial charge >= 0.3 is 5.97 Å². The lowest BCUT2D eigenvalue weighted by Gasteiger charge is -2.03. The van der Waals surface area contributed by atoms with E-state index in [0.717, 1.165) is 25.7 Å². The molecule has 0 aromatic rings. The number of rotatable bonds is 17. The first kappa shape index (κ1) is 21.0. The van der Waals surface area contributed by atoms with E-state index >= 15 is 0 Å². The molecule has 0 radical (unpaired) electrons. The number of nitriles is 1. The van der Waals surface area contributed by atoms with Crippen LogP contribution in [0.25, 0.3) is 0 Å². The number of carboxylic acids is 1. The van der Waals surface area contributed by atoms with E-state index in [1.54, 1.807) is 0 Å². The predicted molar refractivity (Wildman–Crippen MR) is 91.7 cm³/mol. The number of hydrogen-bond acceptors (Lipinski definition) is 2. The van der Waals surface area contributed by atoms with Crippen LogP contribution in [-0.2, 0) is 4.79 Å². The molecule has 0 aliphatic carbocycles. The van der Waals surface area contributed by atoms with Crippen molar-refractivity contribution in [1.82, 2.24) is 0 Å². The van der Waals surface area contributed by atoms with Gasteiger partial charge in [-0.05, 0) is 12.8 Å². The van der Waals surface area contributed by atoms with Crippen molar-refractivity contribution in [3.8, 4) is 6.07 Å². The first-order valence-corrected chi connectivity index (χ1v) is 9.36. The average molecular weight is 309 g/mol. The van der Waals surface area contributed by atoms with Gasteiger partial charge in [-0.3, -0.25) is 4.79 Å². The summed E-state index contributed by atoms with van der Waals surface area (Å²) in [5, 5.41) is 17.0. The number of carbonyl (C=O) groups is 1. The van der Waals surface area contributed by atoms with Crippen LogP contribution in [0.2, 0.25) is 0 Å². The minimum Gasteiger partial charge on any atom is -0.481 e. The Balaban J connectivity index is 2.97. The third-order valence-corrected chi connectivity index (χ3v) is 4.18. The molecule has 0 aromatic carbocycles. The molecule has 0 fully saturated rings. The van der Waals surface area contributed by atoms with E-state index in [2.05, 4.69) is 6.07 Å². The van der Waals surface area contributed by atoms with E-state index < -0.39 is 5.97 Å². The summed E-state index contributed by atoms with van der Waals surface area (Å²) in [5.41, 5.74) is 0. The van der Waals surface area contributed by atoms with Crippen molar-refractivity contribution >= 4 is 5.97 Å². The van der Waals surface area contributed by atoms with Crippen molar-refractivity contribution in [2.24, 2.45) is 0 Å². The summed E-state index contributed by atoms with van der Waals surface area (Å²) < 4.78 is 0. The highest BCUT2D eigenvalue weighted by Crippen LogP contribution is 2.13. The van der Waals surface area contributed by atoms with Gasteiger partial charge in [-0.2, -0.15) is 5.26 Å². The summed E-state index contributed by atoms with van der Waals surface area (Å²) in [6.07, 6.45) is 19.8. The number of nitrogens with zero attached hydrogens (tertiary/aromatic N) is 1. The summed E-state index contributed by atoms with van der Waals surface area (Å²) in [4.78, 5) is 10.3. The van der Waals surface area contributed by atoms with Crippen LogP contribution < -0.4 is 0 Å². The van der Waals surface area contributed by atoms with Crippen LogP contribution in [-0.4, -0.2) is 11.1 Å². The van der Waals surface area contributed by atoms with Crippen LogP contribution in [0.5, 0.6) is 0 Å². The van der Waals surface area contributed by atoms with Crippen LogP contribution in [0.1, 0.15) is 109 Å². The van der Waals surface area contributed by atoms with Crippen molar-refractivity contribution in [1.29, 1.82) is 5.26 Å². The highest BCUT2D eigenvalue weighted by molar-refractivity contribution is 5.66. The van der Waals surface area contributed by atoms with Crippen molar-refractivity contribution in [2.75, 3.05) is 0 Å². The minimum absolute atomic E-state index is 0.332. The molecule has 0 amide bonds. The van der Waals surface area contributed by atoms with E-state index in [0.29, 0.717) is 6.42 Å². The molecule has 0 atom stereocenters. The fourth-order valence-electron chi connectivity index (χ4n) is 2.78. The summed E-state index contributed by atoms with van der Waals surface area (Å²) >= 11 is 0. The molecule has 0 aromatic heterocycles. The van der Waals surface area contributed by atoms with E-state index in [-0.39, 0.29) is 0 Å². The molecule has 0 aliphatic heterocycles. The normalized spacial score (nSPS) is 10.5. The topological polar surface area (TPSA) is 61.1 Å². The Kier molecular flexibility index (Phi) is 17.2. The van der Waals surface area contributed by atoms with Gasteiger partial charge in [0.2, 0.25) is 0 Å². The number of hydrogen-bond donors (Lipinski definition) is 1. The lowest BCUT2D eigenvalue weighted by molar-refractivity contribution is -0.137. The Hall–Kier alpha value is -1.04. The molecule has 3 heteroatoms. The number of unbranched alkanes of at least 4 members (excludes halogenated alkanes) is 15. The molecule has 0 aliphatic rings. The third-order valence-electron chi connectivity index (χ3n) is 4.18. The molecule has 0 saturated carbocycles. The van der Waals surface area contributed by atoms with Crippen molar-refractivity contribution in [2.45, 2.75) is 109 Å². The Morgan fingerprint density at radius 3 is 1.27 bits per heavy atom. The highest BCUT2D eigenvalue weighted by Gasteiger charge is 1.97. The standard InChI is InChI=1S/C19H35NO2/c20-18-16-14-12-10-8-6-4-2-1-3-5-7-9-11-13-15-17-19(21)22/h1-17H2,(H,21,22). The van der Waals surface area contributed by atoms with Crippen molar-refractivity contribution < 1.29 is 9.90 Å². The van der Waals surface area contributed by atoms with Gasteiger partial charge in [0.05, 0.1) is 6.07 Å². The second kappa shape index (κ2) is 18.0. The molecule has 0 heterocycles. The zero-order valence-corrected chi connectivity index (χ0v) is 14.3. The molecule has 128 valence electrons. The Morgan fingerprint density at radius 2 is 0.955 bits per heavy atom. The monoisotopic (exact) mass is 309 g/mol. The summed E-state index contributed by atoms with van der Waals surface area (Å²) in [5.74, 6) is -0.665. The Labute approximate surface area is 137 Å². The second-order valence-corrected chi connectivity index (χ2v) is 6.36. The number of carboxylic acid groups (broad SMARTS) is 1. The van der Waals surface area contributed by atoms with Crippen molar-refractivity contribution in [3.05, 3.63) is 0 Å². The highest BCUT2D eigenvalue weighted by atomic mass is 16.4. The number of aliphatic carboxylic acids is 1. The smallest absolute Gasteiger partial charge is 0.303 e. The van der Waals surface area contributed by atoms with E-state index in [9.17, 15) is 4.79 Å². The van der Waals surface area contributed by atoms with Gasteiger partial charge in [-0.25, -0.2) is 0 Å².